The van der Waals surface area contributed by atoms with E-state index in [0.29, 0.717) is 35.2 Å². The number of esters is 1. The Morgan fingerprint density at radius 2 is 1.52 bits per heavy atom. The topological polar surface area (TPSA) is 90.7 Å². The highest BCUT2D eigenvalue weighted by Crippen LogP contribution is 2.38. The van der Waals surface area contributed by atoms with Gasteiger partial charge in [0.15, 0.2) is 0 Å². The number of hydrogen-bond donors (Lipinski definition) is 0. The third-order valence-electron chi connectivity index (χ3n) is 7.89. The molecular formula is C37H35N3O4. The fraction of sp³-hybridized carbons (Fsp3) is 0.243. The molecule has 0 aliphatic carbocycles. The lowest BCUT2D eigenvalue weighted by atomic mass is 9.99. The van der Waals surface area contributed by atoms with E-state index in [1.807, 2.05) is 97.1 Å². The highest BCUT2D eigenvalue weighted by Gasteiger charge is 2.43. The summed E-state index contributed by atoms with van der Waals surface area (Å²) in [5, 5.41) is 9.29. The van der Waals surface area contributed by atoms with E-state index in [2.05, 4.69) is 6.07 Å². The van der Waals surface area contributed by atoms with Gasteiger partial charge >= 0.3 is 5.97 Å². The van der Waals surface area contributed by atoms with Crippen LogP contribution in [0.1, 0.15) is 64.5 Å². The minimum atomic E-state index is -0.943. The molecule has 2 atom stereocenters. The van der Waals surface area contributed by atoms with Crippen LogP contribution >= 0.6 is 0 Å². The van der Waals surface area contributed by atoms with Gasteiger partial charge in [0.2, 0.25) is 0 Å². The smallest absolute Gasteiger partial charge is 0.307 e. The third-order valence-corrected chi connectivity index (χ3v) is 7.89. The highest BCUT2D eigenvalue weighted by atomic mass is 16.5. The quantitative estimate of drug-likeness (QED) is 0.201. The van der Waals surface area contributed by atoms with Crippen LogP contribution in [-0.2, 0) is 33.7 Å². The van der Waals surface area contributed by atoms with Crippen molar-refractivity contribution < 1.29 is 19.1 Å². The molecule has 0 spiro atoms. The van der Waals surface area contributed by atoms with E-state index in [4.69, 9.17) is 4.74 Å². The Labute approximate surface area is 258 Å². The first-order chi connectivity index (χ1) is 21.4. The Kier molecular flexibility index (Phi) is 9.51. The summed E-state index contributed by atoms with van der Waals surface area (Å²) < 4.78 is 5.22. The molecule has 0 saturated carbocycles. The summed E-state index contributed by atoms with van der Waals surface area (Å²) in [5.74, 6) is -0.988. The van der Waals surface area contributed by atoms with E-state index in [0.717, 1.165) is 16.7 Å². The van der Waals surface area contributed by atoms with Crippen molar-refractivity contribution >= 4 is 23.5 Å². The summed E-state index contributed by atoms with van der Waals surface area (Å²) in [6, 6.07) is 32.8. The predicted octanol–water partition coefficient (Wildman–Crippen LogP) is 6.42. The Morgan fingerprint density at radius 3 is 2.20 bits per heavy atom. The molecule has 5 rings (SSSR count). The zero-order valence-electron chi connectivity index (χ0n) is 25.0. The van der Waals surface area contributed by atoms with Crippen LogP contribution < -0.4 is 4.90 Å². The van der Waals surface area contributed by atoms with Gasteiger partial charge in [0, 0.05) is 6.04 Å². The number of ether oxygens (including phenoxy) is 1. The number of hydrogen-bond acceptors (Lipinski definition) is 5. The monoisotopic (exact) mass is 585 g/mol. The van der Waals surface area contributed by atoms with Crippen molar-refractivity contribution in [2.45, 2.75) is 51.7 Å². The van der Waals surface area contributed by atoms with E-state index in [1.165, 1.54) is 0 Å². The van der Waals surface area contributed by atoms with Gasteiger partial charge < -0.3 is 14.5 Å². The van der Waals surface area contributed by atoms with Gasteiger partial charge in [-0.1, -0.05) is 78.9 Å². The van der Waals surface area contributed by atoms with E-state index >= 15 is 0 Å². The van der Waals surface area contributed by atoms with Crippen molar-refractivity contribution in [3.05, 3.63) is 137 Å². The molecule has 222 valence electrons. The minimum Gasteiger partial charge on any atom is -0.466 e. The second-order valence-corrected chi connectivity index (χ2v) is 11.0. The number of rotatable bonds is 10. The first kappa shape index (κ1) is 30.2. The summed E-state index contributed by atoms with van der Waals surface area (Å²) >= 11 is 0. The fourth-order valence-corrected chi connectivity index (χ4v) is 5.75. The van der Waals surface area contributed by atoms with Crippen LogP contribution in [0.3, 0.4) is 0 Å². The van der Waals surface area contributed by atoms with Gasteiger partial charge in [-0.15, -0.1) is 0 Å². The minimum absolute atomic E-state index is 0.0425. The van der Waals surface area contributed by atoms with Crippen LogP contribution in [0.5, 0.6) is 0 Å². The molecule has 0 fully saturated rings. The molecule has 2 unspecified atom stereocenters. The van der Waals surface area contributed by atoms with Gasteiger partial charge in [-0.3, -0.25) is 14.4 Å². The van der Waals surface area contributed by atoms with E-state index in [-0.39, 0.29) is 31.4 Å². The van der Waals surface area contributed by atoms with Crippen LogP contribution in [0.2, 0.25) is 0 Å². The molecule has 7 nitrogen and oxygen atoms in total. The molecular weight excluding hydrogens is 550 g/mol. The van der Waals surface area contributed by atoms with Gasteiger partial charge in [-0.2, -0.15) is 5.26 Å². The average molecular weight is 586 g/mol. The number of carbonyl (C=O) groups excluding carboxylic acids is 3. The lowest BCUT2D eigenvalue weighted by Gasteiger charge is -2.35. The Hall–Kier alpha value is -5.22. The van der Waals surface area contributed by atoms with E-state index in [9.17, 15) is 19.6 Å². The summed E-state index contributed by atoms with van der Waals surface area (Å²) in [6.07, 6.45) is 1.28. The highest BCUT2D eigenvalue weighted by molar-refractivity contribution is 6.11. The Balaban J connectivity index is 1.60. The lowest BCUT2D eigenvalue weighted by Crippen LogP contribution is -2.47. The molecule has 1 heterocycles. The zero-order chi connectivity index (χ0) is 31.1. The molecule has 1 aliphatic heterocycles. The average Bonchev–Trinajstić information content (AvgIpc) is 3.13. The van der Waals surface area contributed by atoms with Gasteiger partial charge in [0.1, 0.15) is 6.04 Å². The van der Waals surface area contributed by atoms with Gasteiger partial charge in [0.25, 0.3) is 11.8 Å². The number of aryl methyl sites for hydroxylation is 2. The molecule has 0 N–H and O–H groups in total. The largest absolute Gasteiger partial charge is 0.466 e. The van der Waals surface area contributed by atoms with Crippen LogP contribution in [0.15, 0.2) is 103 Å². The van der Waals surface area contributed by atoms with Gasteiger partial charge in [-0.05, 0) is 73.2 Å². The standard InChI is InChI=1S/C37H35N3O4/c1-3-44-34(41)21-26(2)40-35(31-15-8-5-9-16-31)37(43)39(25-29-11-6-4-7-12-29)33-20-19-28(23-32(33)36(40)42)18-17-27-13-10-14-30(22-27)24-38/h4-16,19-20,22-23,26,35H,3,17-18,21,25H2,1-2H3. The molecule has 44 heavy (non-hydrogen) atoms. The van der Waals surface area contributed by atoms with Crippen molar-refractivity contribution in [3.63, 3.8) is 0 Å². The van der Waals surface area contributed by atoms with Crippen molar-refractivity contribution in [2.75, 3.05) is 11.5 Å². The van der Waals surface area contributed by atoms with E-state index < -0.39 is 18.1 Å². The van der Waals surface area contributed by atoms with Crippen molar-refractivity contribution in [1.29, 1.82) is 5.26 Å². The van der Waals surface area contributed by atoms with Crippen LogP contribution in [0.4, 0.5) is 5.69 Å². The maximum absolute atomic E-state index is 14.6. The fourth-order valence-electron chi connectivity index (χ4n) is 5.75. The molecule has 7 heteroatoms. The molecule has 4 aromatic carbocycles. The van der Waals surface area contributed by atoms with Crippen molar-refractivity contribution in [2.24, 2.45) is 0 Å². The summed E-state index contributed by atoms with van der Waals surface area (Å²) in [6.45, 7) is 4.04. The Bertz CT molecular complexity index is 1680. The number of anilines is 1. The number of fused-ring (bicyclic) bond motifs is 1. The van der Waals surface area contributed by atoms with Crippen LogP contribution in [-0.4, -0.2) is 35.3 Å². The van der Waals surface area contributed by atoms with Gasteiger partial charge in [0.05, 0.1) is 42.5 Å². The molecule has 0 radical (unpaired) electrons. The second kappa shape index (κ2) is 13.8. The normalized spacial score (nSPS) is 15.2. The Morgan fingerprint density at radius 1 is 0.864 bits per heavy atom. The maximum Gasteiger partial charge on any atom is 0.307 e. The van der Waals surface area contributed by atoms with Gasteiger partial charge in [-0.25, -0.2) is 0 Å². The number of carbonyl (C=O) groups is 3. The zero-order valence-corrected chi connectivity index (χ0v) is 25.0. The van der Waals surface area contributed by atoms with Crippen molar-refractivity contribution in [1.82, 2.24) is 4.90 Å². The maximum atomic E-state index is 14.6. The summed E-state index contributed by atoms with van der Waals surface area (Å²) in [7, 11) is 0. The molecule has 0 saturated heterocycles. The molecule has 0 aromatic heterocycles. The number of benzene rings is 4. The number of amides is 2. The third kappa shape index (κ3) is 6.71. The SMILES string of the molecule is CCOC(=O)CC(C)N1C(=O)c2cc(CCc3cccc(C#N)c3)ccc2N(Cc2ccccc2)C(=O)C1c1ccccc1. The molecule has 2 amide bonds. The lowest BCUT2D eigenvalue weighted by molar-refractivity contribution is -0.144. The molecule has 4 aromatic rings. The summed E-state index contributed by atoms with van der Waals surface area (Å²) in [4.78, 5) is 45.1. The van der Waals surface area contributed by atoms with Crippen molar-refractivity contribution in [3.8, 4) is 6.07 Å². The first-order valence-corrected chi connectivity index (χ1v) is 14.9. The van der Waals surface area contributed by atoms with Crippen LogP contribution in [0.25, 0.3) is 0 Å². The van der Waals surface area contributed by atoms with E-state index in [1.54, 1.807) is 29.7 Å². The second-order valence-electron chi connectivity index (χ2n) is 11.0. The van der Waals surface area contributed by atoms with Crippen LogP contribution in [0, 0.1) is 11.3 Å². The number of nitrogens with zero attached hydrogens (tertiary/aromatic N) is 3. The first-order valence-electron chi connectivity index (χ1n) is 14.9. The number of nitriles is 1. The predicted molar refractivity (Wildman–Crippen MR) is 169 cm³/mol. The molecule has 1 aliphatic rings. The summed E-state index contributed by atoms with van der Waals surface area (Å²) in [5.41, 5.74) is 5.11. The molecule has 0 bridgehead atoms.